The smallest absolute Gasteiger partial charge is 0.410 e. The fourth-order valence-corrected chi connectivity index (χ4v) is 1.76. The average molecular weight is 310 g/mol. The largest absolute Gasteiger partial charge is 0.504 e. The Kier molecular flexibility index (Phi) is 6.49. The van der Waals surface area contributed by atoms with Crippen LogP contribution in [-0.4, -0.2) is 48.9 Å². The van der Waals surface area contributed by atoms with Crippen molar-refractivity contribution >= 4 is 6.09 Å². The van der Waals surface area contributed by atoms with Gasteiger partial charge in [-0.25, -0.2) is 4.79 Å². The third-order valence-corrected chi connectivity index (χ3v) is 2.90. The lowest BCUT2D eigenvalue weighted by Crippen LogP contribution is -2.37. The van der Waals surface area contributed by atoms with Crippen LogP contribution in [0.2, 0.25) is 0 Å². The second-order valence-electron chi connectivity index (χ2n) is 6.08. The van der Waals surface area contributed by atoms with E-state index in [0.717, 1.165) is 5.56 Å². The summed E-state index contributed by atoms with van der Waals surface area (Å²) in [6.45, 7) is 7.28. The van der Waals surface area contributed by atoms with Crippen molar-refractivity contribution in [2.24, 2.45) is 0 Å². The fourth-order valence-electron chi connectivity index (χ4n) is 1.76. The SMILES string of the molecule is COc1ccc(CNCCN(C)C(=O)OC(C)(C)C)cc1O. The molecule has 0 aliphatic rings. The number of benzene rings is 1. The molecule has 0 spiro atoms. The Hall–Kier alpha value is -1.95. The van der Waals surface area contributed by atoms with Gasteiger partial charge in [-0.15, -0.1) is 0 Å². The number of phenols is 1. The van der Waals surface area contributed by atoms with Gasteiger partial charge in [-0.3, -0.25) is 0 Å². The van der Waals surface area contributed by atoms with Crippen molar-refractivity contribution in [1.82, 2.24) is 10.2 Å². The minimum absolute atomic E-state index is 0.118. The Morgan fingerprint density at radius 2 is 2.05 bits per heavy atom. The van der Waals surface area contributed by atoms with Crippen LogP contribution in [0.15, 0.2) is 18.2 Å². The number of nitrogens with one attached hydrogen (secondary N) is 1. The highest BCUT2D eigenvalue weighted by Gasteiger charge is 2.18. The Morgan fingerprint density at radius 3 is 2.59 bits per heavy atom. The number of hydrogen-bond acceptors (Lipinski definition) is 5. The minimum Gasteiger partial charge on any atom is -0.504 e. The van der Waals surface area contributed by atoms with E-state index in [4.69, 9.17) is 9.47 Å². The van der Waals surface area contributed by atoms with E-state index >= 15 is 0 Å². The van der Waals surface area contributed by atoms with Gasteiger partial charge in [0, 0.05) is 26.7 Å². The molecule has 0 aromatic heterocycles. The molecule has 0 unspecified atom stereocenters. The van der Waals surface area contributed by atoms with Gasteiger partial charge in [0.25, 0.3) is 0 Å². The summed E-state index contributed by atoms with van der Waals surface area (Å²) < 4.78 is 10.3. The van der Waals surface area contributed by atoms with Gasteiger partial charge in [0.2, 0.25) is 0 Å². The van der Waals surface area contributed by atoms with Crippen LogP contribution in [0.1, 0.15) is 26.3 Å². The van der Waals surface area contributed by atoms with E-state index in [1.54, 1.807) is 19.2 Å². The van der Waals surface area contributed by atoms with E-state index in [2.05, 4.69) is 5.32 Å². The molecule has 6 heteroatoms. The number of rotatable bonds is 6. The van der Waals surface area contributed by atoms with Crippen LogP contribution >= 0.6 is 0 Å². The van der Waals surface area contributed by atoms with Crippen LogP contribution in [0.3, 0.4) is 0 Å². The lowest BCUT2D eigenvalue weighted by atomic mass is 10.2. The van der Waals surface area contributed by atoms with Crippen LogP contribution in [0.5, 0.6) is 11.5 Å². The maximum atomic E-state index is 11.8. The lowest BCUT2D eigenvalue weighted by Gasteiger charge is -2.24. The molecule has 124 valence electrons. The molecule has 1 amide bonds. The van der Waals surface area contributed by atoms with Gasteiger partial charge >= 0.3 is 6.09 Å². The molecular formula is C16H26N2O4. The first-order chi connectivity index (χ1) is 10.2. The highest BCUT2D eigenvalue weighted by Crippen LogP contribution is 2.25. The summed E-state index contributed by atoms with van der Waals surface area (Å²) in [6, 6.07) is 5.26. The highest BCUT2D eigenvalue weighted by atomic mass is 16.6. The van der Waals surface area contributed by atoms with Gasteiger partial charge in [-0.2, -0.15) is 0 Å². The molecule has 0 saturated carbocycles. The van der Waals surface area contributed by atoms with E-state index in [1.165, 1.54) is 12.0 Å². The molecule has 0 fully saturated rings. The number of aromatic hydroxyl groups is 1. The zero-order valence-electron chi connectivity index (χ0n) is 14.0. The van der Waals surface area contributed by atoms with Crippen molar-refractivity contribution in [3.05, 3.63) is 23.8 Å². The molecule has 0 saturated heterocycles. The van der Waals surface area contributed by atoms with Gasteiger partial charge in [-0.1, -0.05) is 6.07 Å². The van der Waals surface area contributed by atoms with Gasteiger partial charge in [0.1, 0.15) is 5.60 Å². The summed E-state index contributed by atoms with van der Waals surface area (Å²) in [5.41, 5.74) is 0.456. The topological polar surface area (TPSA) is 71.0 Å². The van der Waals surface area contributed by atoms with E-state index in [0.29, 0.717) is 25.4 Å². The molecule has 1 aromatic carbocycles. The molecule has 0 aliphatic carbocycles. The van der Waals surface area contributed by atoms with Crippen molar-refractivity contribution in [3.63, 3.8) is 0 Å². The molecule has 0 atom stereocenters. The number of amides is 1. The molecule has 0 bridgehead atoms. The average Bonchev–Trinajstić information content (AvgIpc) is 2.41. The summed E-state index contributed by atoms with van der Waals surface area (Å²) >= 11 is 0. The van der Waals surface area contributed by atoms with Crippen molar-refractivity contribution in [3.8, 4) is 11.5 Å². The lowest BCUT2D eigenvalue weighted by molar-refractivity contribution is 0.0300. The second-order valence-corrected chi connectivity index (χ2v) is 6.08. The third-order valence-electron chi connectivity index (χ3n) is 2.90. The number of nitrogens with zero attached hydrogens (tertiary/aromatic N) is 1. The van der Waals surface area contributed by atoms with Crippen molar-refractivity contribution in [2.45, 2.75) is 32.9 Å². The number of likely N-dealkylation sites (N-methyl/N-ethyl adjacent to an activating group) is 1. The number of phenolic OH excluding ortho intramolecular Hbond substituents is 1. The number of ether oxygens (including phenoxy) is 2. The van der Waals surface area contributed by atoms with Gasteiger partial charge < -0.3 is 24.8 Å². The van der Waals surface area contributed by atoms with E-state index in [-0.39, 0.29) is 11.8 Å². The standard InChI is InChI=1S/C16H26N2O4/c1-16(2,3)22-15(20)18(4)9-8-17-11-12-6-7-14(21-5)13(19)10-12/h6-7,10,17,19H,8-9,11H2,1-5H3. The molecule has 0 aliphatic heterocycles. The molecule has 1 aromatic rings. The molecule has 1 rings (SSSR count). The number of methoxy groups -OCH3 is 1. The summed E-state index contributed by atoms with van der Waals surface area (Å²) in [6.07, 6.45) is -0.337. The fraction of sp³-hybridized carbons (Fsp3) is 0.562. The molecule has 2 N–H and O–H groups in total. The first kappa shape index (κ1) is 18.1. The van der Waals surface area contributed by atoms with Gasteiger partial charge in [0.05, 0.1) is 7.11 Å². The third kappa shape index (κ3) is 6.22. The summed E-state index contributed by atoms with van der Waals surface area (Å²) in [5, 5.41) is 12.9. The first-order valence-corrected chi connectivity index (χ1v) is 7.23. The normalized spacial score (nSPS) is 11.1. The van der Waals surface area contributed by atoms with Crippen molar-refractivity contribution < 1.29 is 19.4 Å². The Labute approximate surface area is 132 Å². The molecule has 0 radical (unpaired) electrons. The molecule has 6 nitrogen and oxygen atoms in total. The van der Waals surface area contributed by atoms with E-state index in [9.17, 15) is 9.90 Å². The summed E-state index contributed by atoms with van der Waals surface area (Å²) in [4.78, 5) is 13.3. The van der Waals surface area contributed by atoms with Gasteiger partial charge in [-0.05, 0) is 38.5 Å². The van der Waals surface area contributed by atoms with Crippen LogP contribution in [0.4, 0.5) is 4.79 Å². The predicted octanol–water partition coefficient (Wildman–Crippen LogP) is 2.36. The summed E-state index contributed by atoms with van der Waals surface area (Å²) in [5.74, 6) is 0.570. The van der Waals surface area contributed by atoms with E-state index < -0.39 is 5.60 Å². The first-order valence-electron chi connectivity index (χ1n) is 7.23. The number of hydrogen-bond donors (Lipinski definition) is 2. The van der Waals surface area contributed by atoms with Crippen molar-refractivity contribution in [2.75, 3.05) is 27.2 Å². The van der Waals surface area contributed by atoms with Crippen LogP contribution in [0, 0.1) is 0 Å². The molecule has 22 heavy (non-hydrogen) atoms. The number of carbonyl (C=O) groups is 1. The Bertz CT molecular complexity index is 497. The van der Waals surface area contributed by atoms with Crippen LogP contribution < -0.4 is 10.1 Å². The molecule has 0 heterocycles. The van der Waals surface area contributed by atoms with Crippen molar-refractivity contribution in [1.29, 1.82) is 0 Å². The van der Waals surface area contributed by atoms with Crippen LogP contribution in [-0.2, 0) is 11.3 Å². The second kappa shape index (κ2) is 7.89. The Morgan fingerprint density at radius 1 is 1.36 bits per heavy atom. The zero-order chi connectivity index (χ0) is 16.8. The quantitative estimate of drug-likeness (QED) is 0.789. The maximum Gasteiger partial charge on any atom is 0.410 e. The van der Waals surface area contributed by atoms with Gasteiger partial charge in [0.15, 0.2) is 11.5 Å². The van der Waals surface area contributed by atoms with E-state index in [1.807, 2.05) is 26.8 Å². The van der Waals surface area contributed by atoms with Crippen LogP contribution in [0.25, 0.3) is 0 Å². The predicted molar refractivity (Wildman–Crippen MR) is 85.2 cm³/mol. The molecular weight excluding hydrogens is 284 g/mol. The number of carbonyl (C=O) groups excluding carboxylic acids is 1. The zero-order valence-corrected chi connectivity index (χ0v) is 14.0. The highest BCUT2D eigenvalue weighted by molar-refractivity contribution is 5.67. The Balaban J connectivity index is 2.33. The minimum atomic E-state index is -0.487. The summed E-state index contributed by atoms with van der Waals surface area (Å²) in [7, 11) is 3.22. The monoisotopic (exact) mass is 310 g/mol. The maximum absolute atomic E-state index is 11.8.